The van der Waals surface area contributed by atoms with E-state index in [1.165, 1.54) is 18.3 Å². The summed E-state index contributed by atoms with van der Waals surface area (Å²) in [5.74, 6) is 0.0705. The van der Waals surface area contributed by atoms with E-state index in [0.717, 1.165) is 31.2 Å². The number of nitrogen functional groups attached to an aromatic ring is 1. The van der Waals surface area contributed by atoms with Crippen LogP contribution in [0.2, 0.25) is 0 Å². The van der Waals surface area contributed by atoms with Crippen LogP contribution in [0.1, 0.15) is 49.0 Å². The van der Waals surface area contributed by atoms with Crippen LogP contribution in [0, 0.1) is 28.0 Å². The number of rotatable bonds is 4. The zero-order valence-corrected chi connectivity index (χ0v) is 18.8. The van der Waals surface area contributed by atoms with E-state index < -0.39 is 11.9 Å². The van der Waals surface area contributed by atoms with Gasteiger partial charge in [0.2, 0.25) is 0 Å². The van der Waals surface area contributed by atoms with E-state index in [9.17, 15) is 9.65 Å². The molecule has 1 saturated carbocycles. The molecule has 0 spiro atoms. The minimum atomic E-state index is -0.638. The van der Waals surface area contributed by atoms with Crippen LogP contribution in [0.25, 0.3) is 11.4 Å². The minimum absolute atomic E-state index is 0.0784. The van der Waals surface area contributed by atoms with Gasteiger partial charge in [0.15, 0.2) is 11.6 Å². The molecule has 174 valence electrons. The molecule has 9 heteroatoms. The molecule has 2 heterocycles. The molecule has 1 aromatic heterocycles. The minimum Gasteiger partial charge on any atom is -0.482 e. The highest BCUT2D eigenvalue weighted by atomic mass is 19.1. The van der Waals surface area contributed by atoms with Crippen LogP contribution >= 0.6 is 0 Å². The van der Waals surface area contributed by atoms with Crippen molar-refractivity contribution in [1.29, 1.82) is 16.1 Å². The highest BCUT2D eigenvalue weighted by Crippen LogP contribution is 2.34. The Morgan fingerprint density at radius 3 is 2.79 bits per heavy atom. The van der Waals surface area contributed by atoms with Crippen LogP contribution < -0.4 is 21.1 Å². The molecule has 4 rings (SSSR count). The van der Waals surface area contributed by atoms with Gasteiger partial charge in [-0.05, 0) is 50.5 Å². The van der Waals surface area contributed by atoms with E-state index in [-0.39, 0.29) is 24.0 Å². The molecule has 2 bridgehead atoms. The number of anilines is 1. The summed E-state index contributed by atoms with van der Waals surface area (Å²) in [6, 6.07) is 8.29. The van der Waals surface area contributed by atoms with Gasteiger partial charge in [-0.25, -0.2) is 9.37 Å². The van der Waals surface area contributed by atoms with Crippen molar-refractivity contribution in [1.82, 2.24) is 15.6 Å². The molecule has 0 radical (unpaired) electrons. The van der Waals surface area contributed by atoms with Gasteiger partial charge in [-0.3, -0.25) is 0 Å². The summed E-state index contributed by atoms with van der Waals surface area (Å²) in [6.07, 6.45) is 6.40. The van der Waals surface area contributed by atoms with Gasteiger partial charge in [-0.1, -0.05) is 0 Å². The fourth-order valence-corrected chi connectivity index (χ4v) is 4.05. The molecule has 2 aliphatic rings. The third-order valence-electron chi connectivity index (χ3n) is 6.13. The first kappa shape index (κ1) is 23.0. The Labute approximate surface area is 197 Å². The molecular formula is C25H26FN7O. The predicted molar refractivity (Wildman–Crippen MR) is 130 cm³/mol. The summed E-state index contributed by atoms with van der Waals surface area (Å²) in [5.41, 5.74) is 9.62. The number of ether oxygens (including phenoxy) is 1. The summed E-state index contributed by atoms with van der Waals surface area (Å²) < 4.78 is 20.4. The van der Waals surface area contributed by atoms with E-state index >= 15 is 0 Å². The van der Waals surface area contributed by atoms with Crippen LogP contribution in [-0.4, -0.2) is 30.0 Å². The molecule has 0 amide bonds. The van der Waals surface area contributed by atoms with Gasteiger partial charge in [-0.2, -0.15) is 5.26 Å². The highest BCUT2D eigenvalue weighted by molar-refractivity contribution is 5.95. The molecule has 8 nitrogen and oxygen atoms in total. The zero-order valence-electron chi connectivity index (χ0n) is 18.8. The topological polar surface area (TPSA) is 144 Å². The molecule has 1 fully saturated rings. The molecule has 1 atom stereocenters. The normalized spacial score (nSPS) is 21.7. The van der Waals surface area contributed by atoms with E-state index in [1.807, 2.05) is 6.07 Å². The first-order valence-electron chi connectivity index (χ1n) is 11.1. The number of halogens is 1. The highest BCUT2D eigenvalue weighted by Gasteiger charge is 2.24. The van der Waals surface area contributed by atoms with Gasteiger partial charge < -0.3 is 31.9 Å². The molecule has 0 saturated heterocycles. The fourth-order valence-electron chi connectivity index (χ4n) is 4.05. The summed E-state index contributed by atoms with van der Waals surface area (Å²) in [6.45, 7) is 1.95. The lowest BCUT2D eigenvalue weighted by molar-refractivity contribution is 0.226. The second-order valence-corrected chi connectivity index (χ2v) is 8.31. The van der Waals surface area contributed by atoms with Crippen molar-refractivity contribution >= 4 is 29.6 Å². The van der Waals surface area contributed by atoms with Gasteiger partial charge in [-0.15, -0.1) is 0 Å². The average molecular weight is 460 g/mol. The van der Waals surface area contributed by atoms with Gasteiger partial charge >= 0.3 is 0 Å². The molecule has 6 N–H and O–H groups in total. The van der Waals surface area contributed by atoms with Crippen LogP contribution in [0.5, 0.6) is 5.75 Å². The molecule has 1 aliphatic carbocycles. The van der Waals surface area contributed by atoms with Crippen LogP contribution in [0.4, 0.5) is 10.2 Å². The quantitative estimate of drug-likeness (QED) is 0.346. The van der Waals surface area contributed by atoms with Gasteiger partial charge in [0.1, 0.15) is 18.0 Å². The zero-order chi connectivity index (χ0) is 24.2. The number of nitrogens with two attached hydrogens (primary N) is 1. The lowest BCUT2D eigenvalue weighted by atomic mass is 9.92. The Morgan fingerprint density at radius 1 is 1.35 bits per heavy atom. The number of nitrogens with one attached hydrogen (secondary N) is 4. The fraction of sp³-hybridized carbons (Fsp3) is 0.280. The number of fused-ring (bicyclic) bond motifs is 3. The monoisotopic (exact) mass is 459 g/mol. The predicted octanol–water partition coefficient (Wildman–Crippen LogP) is 3.93. The Kier molecular flexibility index (Phi) is 6.59. The number of nitriles is 1. The van der Waals surface area contributed by atoms with Gasteiger partial charge in [0.25, 0.3) is 0 Å². The lowest BCUT2D eigenvalue weighted by Crippen LogP contribution is -2.35. The molecule has 1 aliphatic heterocycles. The molecule has 2 aromatic rings. The smallest absolute Gasteiger partial charge is 0.166 e. The second kappa shape index (κ2) is 9.75. The Morgan fingerprint density at radius 2 is 2.15 bits per heavy atom. The van der Waals surface area contributed by atoms with Crippen molar-refractivity contribution in [2.45, 2.75) is 38.3 Å². The number of allylic oxidation sites excluding steroid dienone is 1. The first-order valence-corrected chi connectivity index (χ1v) is 11.1. The van der Waals surface area contributed by atoms with E-state index in [1.54, 1.807) is 25.3 Å². The van der Waals surface area contributed by atoms with Crippen molar-refractivity contribution in [3.8, 4) is 11.8 Å². The molecular weight excluding hydrogens is 433 g/mol. The number of benzene rings is 1. The van der Waals surface area contributed by atoms with Crippen molar-refractivity contribution < 1.29 is 9.13 Å². The van der Waals surface area contributed by atoms with Crippen molar-refractivity contribution in [3.63, 3.8) is 0 Å². The molecule has 1 aromatic carbocycles. The van der Waals surface area contributed by atoms with Crippen LogP contribution in [-0.2, 0) is 0 Å². The van der Waals surface area contributed by atoms with Gasteiger partial charge in [0.05, 0.1) is 11.3 Å². The maximum absolute atomic E-state index is 14.3. The van der Waals surface area contributed by atoms with E-state index in [4.69, 9.17) is 21.3 Å². The number of hydrogen-bond acceptors (Lipinski definition) is 8. The van der Waals surface area contributed by atoms with Crippen molar-refractivity contribution in [2.75, 3.05) is 12.3 Å². The van der Waals surface area contributed by atoms with Crippen molar-refractivity contribution in [2.24, 2.45) is 0 Å². The number of aromatic nitrogens is 1. The maximum Gasteiger partial charge on any atom is 0.166 e. The van der Waals surface area contributed by atoms with Crippen LogP contribution in [0.15, 0.2) is 41.6 Å². The summed E-state index contributed by atoms with van der Waals surface area (Å²) in [7, 11) is 0. The standard InChI is InChI=1S/C25H26FN7O/c1-14-21-8-18(26)5-6-20(21)24(16(9-27)10-28)31-13-17(11-29)23(33-19-3-2-4-19)15-7-22(34-14)25(30)32-12-15/h5-9,11-12,14,19,27,29,31,33H,2-4,13H2,1H3,(H2,30,32)/b23-17+,24-16+,27-9?,29-11?. The Balaban J connectivity index is 1.94. The van der Waals surface area contributed by atoms with Crippen LogP contribution in [0.3, 0.4) is 0 Å². The third kappa shape index (κ3) is 4.48. The Hall–Kier alpha value is -4.19. The Bertz CT molecular complexity index is 1240. The lowest BCUT2D eigenvalue weighted by Gasteiger charge is -2.31. The average Bonchev–Trinajstić information content (AvgIpc) is 2.80. The summed E-state index contributed by atoms with van der Waals surface area (Å²) >= 11 is 0. The summed E-state index contributed by atoms with van der Waals surface area (Å²) in [5, 5.41) is 32.3. The molecule has 1 unspecified atom stereocenters. The number of hydrogen-bond donors (Lipinski definition) is 5. The number of nitrogens with zero attached hydrogens (tertiary/aromatic N) is 2. The molecule has 34 heavy (non-hydrogen) atoms. The van der Waals surface area contributed by atoms with E-state index in [2.05, 4.69) is 15.6 Å². The number of pyridine rings is 1. The van der Waals surface area contributed by atoms with Gasteiger partial charge in [0, 0.05) is 59.2 Å². The maximum atomic E-state index is 14.3. The largest absolute Gasteiger partial charge is 0.482 e. The van der Waals surface area contributed by atoms with Crippen molar-refractivity contribution in [3.05, 3.63) is 64.1 Å². The second-order valence-electron chi connectivity index (χ2n) is 8.31. The SMILES string of the molecule is CC1Oc2cc(cnc2N)/C(NC2CCC2)=C(/C=N)CN/C(=C(/C#N)C=N)c2ccc(F)cc21. The third-order valence-corrected chi connectivity index (χ3v) is 6.13. The summed E-state index contributed by atoms with van der Waals surface area (Å²) in [4.78, 5) is 4.30. The van der Waals surface area contributed by atoms with E-state index in [0.29, 0.717) is 33.7 Å². The first-order chi connectivity index (χ1) is 16.4.